The number of para-hydroxylation sites is 2. The lowest BCUT2D eigenvalue weighted by Gasteiger charge is -2.30. The highest BCUT2D eigenvalue weighted by atomic mass is 16.2. The highest BCUT2D eigenvalue weighted by Crippen LogP contribution is 2.19. The van der Waals surface area contributed by atoms with Crippen LogP contribution in [-0.2, 0) is 22.6 Å². The van der Waals surface area contributed by atoms with E-state index in [0.29, 0.717) is 25.4 Å². The van der Waals surface area contributed by atoms with Gasteiger partial charge in [0, 0.05) is 33.0 Å². The Bertz CT molecular complexity index is 760. The van der Waals surface area contributed by atoms with E-state index < -0.39 is 0 Å². The largest absolute Gasteiger partial charge is 0.356 e. The van der Waals surface area contributed by atoms with Gasteiger partial charge in [0.25, 0.3) is 0 Å². The van der Waals surface area contributed by atoms with Gasteiger partial charge in [-0.1, -0.05) is 19.1 Å². The van der Waals surface area contributed by atoms with E-state index in [0.717, 1.165) is 42.8 Å². The van der Waals surface area contributed by atoms with Crippen molar-refractivity contribution in [1.29, 1.82) is 0 Å². The van der Waals surface area contributed by atoms with Gasteiger partial charge in [-0.2, -0.15) is 0 Å². The summed E-state index contributed by atoms with van der Waals surface area (Å²) < 4.78 is 2.00. The third-order valence-corrected chi connectivity index (χ3v) is 4.89. The highest BCUT2D eigenvalue weighted by Gasteiger charge is 2.22. The minimum atomic E-state index is -0.0545. The number of carbonyl (C=O) groups is 2. The molecule has 1 aromatic carbocycles. The van der Waals surface area contributed by atoms with Crippen LogP contribution in [0.4, 0.5) is 0 Å². The van der Waals surface area contributed by atoms with E-state index in [1.165, 1.54) is 6.92 Å². The molecule has 3 rings (SSSR count). The Morgan fingerprint density at radius 2 is 1.96 bits per heavy atom. The molecule has 1 fully saturated rings. The number of imidazole rings is 1. The lowest BCUT2D eigenvalue weighted by molar-refractivity contribution is -0.133. The van der Waals surface area contributed by atoms with E-state index in [-0.39, 0.29) is 11.8 Å². The number of fused-ring (bicyclic) bond motifs is 1. The van der Waals surface area contributed by atoms with Gasteiger partial charge in [-0.05, 0) is 30.9 Å². The molecule has 1 N–H and O–H groups in total. The summed E-state index contributed by atoms with van der Waals surface area (Å²) >= 11 is 0. The Labute approximate surface area is 148 Å². The molecule has 134 valence electrons. The number of likely N-dealkylation sites (tertiary alicyclic amines) is 1. The number of nitrogens with one attached hydrogen (secondary N) is 1. The average Bonchev–Trinajstić information content (AvgIpc) is 2.93. The Kier molecular flexibility index (Phi) is 5.36. The van der Waals surface area contributed by atoms with Crippen molar-refractivity contribution < 1.29 is 9.59 Å². The molecule has 2 amide bonds. The molecule has 0 saturated carbocycles. The number of amides is 2. The predicted molar refractivity (Wildman–Crippen MR) is 97.1 cm³/mol. The van der Waals surface area contributed by atoms with Crippen molar-refractivity contribution in [3.8, 4) is 0 Å². The first-order valence-electron chi connectivity index (χ1n) is 9.01. The highest BCUT2D eigenvalue weighted by molar-refractivity contribution is 5.81. The third-order valence-electron chi connectivity index (χ3n) is 4.89. The van der Waals surface area contributed by atoms with Gasteiger partial charge in [-0.15, -0.1) is 0 Å². The van der Waals surface area contributed by atoms with Gasteiger partial charge < -0.3 is 14.8 Å². The zero-order valence-corrected chi connectivity index (χ0v) is 15.0. The normalized spacial score (nSPS) is 15.5. The minimum absolute atomic E-state index is 0.0545. The quantitative estimate of drug-likeness (QED) is 0.903. The second kappa shape index (κ2) is 7.68. The zero-order chi connectivity index (χ0) is 17.8. The lowest BCUT2D eigenvalue weighted by atomic mass is 9.99. The van der Waals surface area contributed by atoms with Gasteiger partial charge in [0.05, 0.1) is 11.0 Å². The fourth-order valence-electron chi connectivity index (χ4n) is 3.34. The monoisotopic (exact) mass is 342 g/mol. The van der Waals surface area contributed by atoms with Gasteiger partial charge in [-0.25, -0.2) is 4.98 Å². The van der Waals surface area contributed by atoms with Crippen LogP contribution in [-0.4, -0.2) is 45.9 Å². The molecule has 1 aliphatic heterocycles. The van der Waals surface area contributed by atoms with E-state index in [4.69, 9.17) is 0 Å². The van der Waals surface area contributed by atoms with Crippen molar-refractivity contribution in [3.05, 3.63) is 30.1 Å². The minimum Gasteiger partial charge on any atom is -0.356 e. The van der Waals surface area contributed by atoms with Gasteiger partial charge in [0.1, 0.15) is 12.4 Å². The molecular weight excluding hydrogens is 316 g/mol. The van der Waals surface area contributed by atoms with Crippen molar-refractivity contribution in [1.82, 2.24) is 19.8 Å². The van der Waals surface area contributed by atoms with E-state index in [1.807, 2.05) is 33.7 Å². The smallest absolute Gasteiger partial charge is 0.242 e. The van der Waals surface area contributed by atoms with E-state index >= 15 is 0 Å². The molecule has 1 aliphatic rings. The van der Waals surface area contributed by atoms with Crippen LogP contribution in [0.5, 0.6) is 0 Å². The molecule has 1 aromatic heterocycles. The third kappa shape index (κ3) is 4.18. The fraction of sp³-hybridized carbons (Fsp3) is 0.526. The zero-order valence-electron chi connectivity index (χ0n) is 15.0. The van der Waals surface area contributed by atoms with Crippen LogP contribution in [0.1, 0.15) is 32.5 Å². The van der Waals surface area contributed by atoms with Crippen LogP contribution >= 0.6 is 0 Å². The molecular formula is C19H26N4O2. The Morgan fingerprint density at radius 3 is 2.68 bits per heavy atom. The molecule has 25 heavy (non-hydrogen) atoms. The lowest BCUT2D eigenvalue weighted by Crippen LogP contribution is -2.40. The van der Waals surface area contributed by atoms with Gasteiger partial charge >= 0.3 is 0 Å². The summed E-state index contributed by atoms with van der Waals surface area (Å²) in [5.74, 6) is 1.64. The van der Waals surface area contributed by atoms with Crippen LogP contribution < -0.4 is 5.32 Å². The van der Waals surface area contributed by atoms with E-state index in [9.17, 15) is 9.59 Å². The molecule has 0 atom stereocenters. The van der Waals surface area contributed by atoms with Crippen molar-refractivity contribution in [2.45, 2.75) is 39.7 Å². The SMILES string of the molecule is CC(=O)NCCc1nc2ccccc2n1CC(=O)N1CCC(C)CC1. The van der Waals surface area contributed by atoms with Crippen LogP contribution in [0, 0.1) is 5.92 Å². The van der Waals surface area contributed by atoms with Crippen molar-refractivity contribution in [3.63, 3.8) is 0 Å². The van der Waals surface area contributed by atoms with Gasteiger partial charge in [0.2, 0.25) is 11.8 Å². The Morgan fingerprint density at radius 1 is 1.24 bits per heavy atom. The number of benzene rings is 1. The molecule has 1 saturated heterocycles. The average molecular weight is 342 g/mol. The summed E-state index contributed by atoms with van der Waals surface area (Å²) in [5, 5.41) is 2.80. The summed E-state index contributed by atoms with van der Waals surface area (Å²) in [6.45, 7) is 6.26. The number of aromatic nitrogens is 2. The number of hydrogen-bond acceptors (Lipinski definition) is 3. The van der Waals surface area contributed by atoms with Crippen LogP contribution in [0.2, 0.25) is 0 Å². The Balaban J connectivity index is 1.78. The summed E-state index contributed by atoms with van der Waals surface area (Å²) in [4.78, 5) is 30.5. The molecule has 0 bridgehead atoms. The maximum absolute atomic E-state index is 12.8. The van der Waals surface area contributed by atoms with Gasteiger partial charge in [-0.3, -0.25) is 9.59 Å². The standard InChI is InChI=1S/C19H26N4O2/c1-14-8-11-22(12-9-14)19(25)13-23-17-6-4-3-5-16(17)21-18(23)7-10-20-15(2)24/h3-6,14H,7-13H2,1-2H3,(H,20,24). The maximum Gasteiger partial charge on any atom is 0.242 e. The van der Waals surface area contributed by atoms with Crippen LogP contribution in [0.3, 0.4) is 0 Å². The fourth-order valence-corrected chi connectivity index (χ4v) is 3.34. The first kappa shape index (κ1) is 17.5. The topological polar surface area (TPSA) is 67.2 Å². The summed E-state index contributed by atoms with van der Waals surface area (Å²) in [7, 11) is 0. The first-order chi connectivity index (χ1) is 12.0. The molecule has 2 aromatic rings. The molecule has 0 aliphatic carbocycles. The summed E-state index contributed by atoms with van der Waals surface area (Å²) in [6, 6.07) is 7.87. The molecule has 2 heterocycles. The number of rotatable bonds is 5. The van der Waals surface area contributed by atoms with Crippen LogP contribution in [0.15, 0.2) is 24.3 Å². The molecule has 6 nitrogen and oxygen atoms in total. The summed E-state index contributed by atoms with van der Waals surface area (Å²) in [5.41, 5.74) is 1.86. The number of piperidine rings is 1. The van der Waals surface area contributed by atoms with Crippen molar-refractivity contribution in [2.75, 3.05) is 19.6 Å². The number of carbonyl (C=O) groups excluding carboxylic acids is 2. The number of hydrogen-bond donors (Lipinski definition) is 1. The molecule has 0 radical (unpaired) electrons. The molecule has 0 spiro atoms. The first-order valence-corrected chi connectivity index (χ1v) is 9.01. The second-order valence-electron chi connectivity index (χ2n) is 6.90. The second-order valence-corrected chi connectivity index (χ2v) is 6.90. The van der Waals surface area contributed by atoms with Crippen LogP contribution in [0.25, 0.3) is 11.0 Å². The van der Waals surface area contributed by atoms with Crippen molar-refractivity contribution in [2.24, 2.45) is 5.92 Å². The maximum atomic E-state index is 12.8. The van der Waals surface area contributed by atoms with Crippen molar-refractivity contribution >= 4 is 22.8 Å². The Hall–Kier alpha value is -2.37. The predicted octanol–water partition coefficient (Wildman–Crippen LogP) is 1.97. The van der Waals surface area contributed by atoms with E-state index in [1.54, 1.807) is 0 Å². The molecule has 6 heteroatoms. The number of nitrogens with zero attached hydrogens (tertiary/aromatic N) is 3. The molecule has 0 unspecified atom stereocenters. The van der Waals surface area contributed by atoms with Gasteiger partial charge in [0.15, 0.2) is 0 Å². The van der Waals surface area contributed by atoms with E-state index in [2.05, 4.69) is 17.2 Å². The summed E-state index contributed by atoms with van der Waals surface area (Å²) in [6.07, 6.45) is 2.76.